The summed E-state index contributed by atoms with van der Waals surface area (Å²) in [5.74, 6) is -1.76. The molecule has 0 aliphatic heterocycles. The number of halogens is 2. The highest BCUT2D eigenvalue weighted by molar-refractivity contribution is 7.92. The van der Waals surface area contributed by atoms with E-state index < -0.39 is 21.7 Å². The molecule has 2 heterocycles. The first-order valence-electron chi connectivity index (χ1n) is 10.2. The number of sulfonamides is 1. The highest BCUT2D eigenvalue weighted by atomic mass is 32.2. The van der Waals surface area contributed by atoms with E-state index in [-0.39, 0.29) is 28.5 Å². The van der Waals surface area contributed by atoms with Crippen LogP contribution in [-0.4, -0.2) is 23.7 Å². The Bertz CT molecular complexity index is 1510. The van der Waals surface area contributed by atoms with Crippen molar-refractivity contribution in [2.24, 2.45) is 0 Å². The van der Waals surface area contributed by atoms with Crippen LogP contribution in [0, 0.1) is 11.6 Å². The van der Waals surface area contributed by atoms with Gasteiger partial charge in [0.2, 0.25) is 10.0 Å². The molecule has 0 atom stereocenters. The normalized spacial score (nSPS) is 11.6. The predicted molar refractivity (Wildman–Crippen MR) is 123 cm³/mol. The van der Waals surface area contributed by atoms with E-state index in [1.807, 2.05) is 6.92 Å². The number of hydrogen-bond acceptors (Lipinski definition) is 4. The Morgan fingerprint density at radius 3 is 2.48 bits per heavy atom. The third-order valence-corrected chi connectivity index (χ3v) is 6.48. The number of H-pyrrole nitrogens is 1. The van der Waals surface area contributed by atoms with Crippen molar-refractivity contribution in [3.05, 3.63) is 76.8 Å². The zero-order chi connectivity index (χ0) is 23.8. The van der Waals surface area contributed by atoms with Gasteiger partial charge >= 0.3 is 0 Å². The number of aromatic amines is 1. The Morgan fingerprint density at radius 1 is 1.03 bits per heavy atom. The minimum absolute atomic E-state index is 0.122. The Labute approximate surface area is 188 Å². The molecule has 10 heteroatoms. The third-order valence-electron chi connectivity index (χ3n) is 5.17. The summed E-state index contributed by atoms with van der Waals surface area (Å²) in [5, 5.41) is 0.438. The zero-order valence-electron chi connectivity index (χ0n) is 17.9. The molecule has 2 N–H and O–H groups in total. The lowest BCUT2D eigenvalue weighted by Gasteiger charge is -2.16. The number of fused-ring (bicyclic) bond motifs is 1. The van der Waals surface area contributed by atoms with Crippen LogP contribution in [0.15, 0.2) is 59.7 Å². The van der Waals surface area contributed by atoms with Crippen LogP contribution in [0.25, 0.3) is 22.0 Å². The van der Waals surface area contributed by atoms with Crippen molar-refractivity contribution in [1.29, 1.82) is 0 Å². The third kappa shape index (κ3) is 4.47. The van der Waals surface area contributed by atoms with Crippen LogP contribution in [0.1, 0.15) is 13.8 Å². The fraction of sp³-hybridized carbons (Fsp3) is 0.174. The molecular formula is C23H21F2N3O4S. The summed E-state index contributed by atoms with van der Waals surface area (Å²) in [7, 11) is -3.56. The van der Waals surface area contributed by atoms with Gasteiger partial charge in [-0.2, -0.15) is 0 Å². The summed E-state index contributed by atoms with van der Waals surface area (Å²) < 4.78 is 61.6. The van der Waals surface area contributed by atoms with Crippen molar-refractivity contribution < 1.29 is 21.9 Å². The van der Waals surface area contributed by atoms with Gasteiger partial charge in [0.15, 0.2) is 11.6 Å². The number of nitrogens with one attached hydrogen (secondary N) is 2. The topological polar surface area (TPSA) is 93.2 Å². The van der Waals surface area contributed by atoms with Crippen molar-refractivity contribution in [3.63, 3.8) is 0 Å². The molecule has 2 aromatic carbocycles. The van der Waals surface area contributed by atoms with Crippen molar-refractivity contribution >= 4 is 26.6 Å². The molecule has 4 rings (SSSR count). The van der Waals surface area contributed by atoms with Crippen molar-refractivity contribution in [1.82, 2.24) is 9.55 Å². The van der Waals surface area contributed by atoms with E-state index in [0.717, 1.165) is 6.07 Å². The molecular weight excluding hydrogens is 452 g/mol. The second-order valence-electron chi connectivity index (χ2n) is 7.29. The predicted octanol–water partition coefficient (Wildman–Crippen LogP) is 4.85. The Kier molecular flexibility index (Phi) is 5.94. The summed E-state index contributed by atoms with van der Waals surface area (Å²) in [6.07, 6.45) is 3.25. The maximum atomic E-state index is 14.3. The average Bonchev–Trinajstić information content (AvgIpc) is 3.27. The molecule has 33 heavy (non-hydrogen) atoms. The highest BCUT2D eigenvalue weighted by Gasteiger charge is 2.18. The molecule has 172 valence electrons. The first-order chi connectivity index (χ1) is 15.7. The number of aromatic nitrogens is 2. The van der Waals surface area contributed by atoms with Gasteiger partial charge in [-0.15, -0.1) is 0 Å². The van der Waals surface area contributed by atoms with Crippen LogP contribution >= 0.6 is 0 Å². The van der Waals surface area contributed by atoms with E-state index in [1.54, 1.807) is 24.5 Å². The summed E-state index contributed by atoms with van der Waals surface area (Å²) in [5.41, 5.74) is 1.56. The number of anilines is 1. The SMILES string of the molecule is CCn1cc(-c2cc(NS(=O)(=O)CC)ccc2Oc2ccc(F)cc2F)c2[nH]ccc2c1=O. The average molecular weight is 474 g/mol. The summed E-state index contributed by atoms with van der Waals surface area (Å²) in [6.45, 7) is 3.73. The van der Waals surface area contributed by atoms with E-state index in [0.29, 0.717) is 34.6 Å². The molecule has 7 nitrogen and oxygen atoms in total. The van der Waals surface area contributed by atoms with Gasteiger partial charge in [0, 0.05) is 41.8 Å². The number of rotatable bonds is 7. The molecule has 0 bridgehead atoms. The summed E-state index contributed by atoms with van der Waals surface area (Å²) in [6, 6.07) is 9.11. The maximum Gasteiger partial charge on any atom is 0.259 e. The van der Waals surface area contributed by atoms with E-state index >= 15 is 0 Å². The van der Waals surface area contributed by atoms with Crippen LogP contribution in [0.2, 0.25) is 0 Å². The van der Waals surface area contributed by atoms with Gasteiger partial charge in [0.05, 0.1) is 16.7 Å². The molecule has 0 aliphatic carbocycles. The van der Waals surface area contributed by atoms with Gasteiger partial charge in [-0.3, -0.25) is 9.52 Å². The fourth-order valence-corrected chi connectivity index (χ4v) is 4.09. The molecule has 2 aromatic heterocycles. The molecule has 0 saturated heterocycles. The fourth-order valence-electron chi connectivity index (χ4n) is 3.46. The first-order valence-corrected chi connectivity index (χ1v) is 11.9. The van der Waals surface area contributed by atoms with E-state index in [1.165, 1.54) is 29.7 Å². The van der Waals surface area contributed by atoms with Gasteiger partial charge in [-0.05, 0) is 50.2 Å². The highest BCUT2D eigenvalue weighted by Crippen LogP contribution is 2.38. The molecule has 4 aromatic rings. The van der Waals surface area contributed by atoms with Crippen LogP contribution in [-0.2, 0) is 16.6 Å². The largest absolute Gasteiger partial charge is 0.454 e. The first kappa shape index (κ1) is 22.5. The van der Waals surface area contributed by atoms with Gasteiger partial charge < -0.3 is 14.3 Å². The molecule has 0 unspecified atom stereocenters. The Balaban J connectivity index is 1.94. The second-order valence-corrected chi connectivity index (χ2v) is 9.30. The Hall–Kier alpha value is -3.66. The van der Waals surface area contributed by atoms with Gasteiger partial charge in [0.1, 0.15) is 11.6 Å². The lowest BCUT2D eigenvalue weighted by molar-refractivity contribution is 0.439. The van der Waals surface area contributed by atoms with E-state index in [4.69, 9.17) is 4.74 Å². The van der Waals surface area contributed by atoms with Crippen molar-refractivity contribution in [2.75, 3.05) is 10.5 Å². The quantitative estimate of drug-likeness (QED) is 0.401. The van der Waals surface area contributed by atoms with E-state index in [2.05, 4.69) is 9.71 Å². The minimum Gasteiger partial charge on any atom is -0.454 e. The lowest BCUT2D eigenvalue weighted by Crippen LogP contribution is -2.18. The van der Waals surface area contributed by atoms with Crippen molar-refractivity contribution in [3.8, 4) is 22.6 Å². The monoisotopic (exact) mass is 473 g/mol. The zero-order valence-corrected chi connectivity index (χ0v) is 18.7. The van der Waals surface area contributed by atoms with Gasteiger partial charge in [-0.1, -0.05) is 0 Å². The number of benzene rings is 2. The number of hydrogen-bond donors (Lipinski definition) is 2. The molecule has 0 spiro atoms. The molecule has 0 aliphatic rings. The van der Waals surface area contributed by atoms with Crippen LogP contribution in [0.3, 0.4) is 0 Å². The van der Waals surface area contributed by atoms with Crippen LogP contribution in [0.4, 0.5) is 14.5 Å². The molecule has 0 fully saturated rings. The standard InChI is InChI=1S/C23H21F2N3O4S/c1-3-28-13-18(22-16(23(28)29)9-10-26-22)17-12-15(27-33(30,31)4-2)6-8-20(17)32-21-7-5-14(24)11-19(21)25/h5-13,26-27H,3-4H2,1-2H3. The summed E-state index contributed by atoms with van der Waals surface area (Å²) >= 11 is 0. The Morgan fingerprint density at radius 2 is 1.79 bits per heavy atom. The maximum absolute atomic E-state index is 14.3. The van der Waals surface area contributed by atoms with Crippen molar-refractivity contribution in [2.45, 2.75) is 20.4 Å². The van der Waals surface area contributed by atoms with Crippen LogP contribution in [0.5, 0.6) is 11.5 Å². The van der Waals surface area contributed by atoms with Gasteiger partial charge in [0.25, 0.3) is 5.56 Å². The number of aryl methyl sites for hydroxylation is 1. The smallest absolute Gasteiger partial charge is 0.259 e. The van der Waals surface area contributed by atoms with Crippen LogP contribution < -0.4 is 15.0 Å². The molecule has 0 radical (unpaired) electrons. The minimum atomic E-state index is -3.56. The number of ether oxygens (including phenoxy) is 1. The van der Waals surface area contributed by atoms with Gasteiger partial charge in [-0.25, -0.2) is 17.2 Å². The lowest BCUT2D eigenvalue weighted by atomic mass is 10.0. The second kappa shape index (κ2) is 8.70. The number of nitrogens with zero attached hydrogens (tertiary/aromatic N) is 1. The molecule has 0 saturated carbocycles. The summed E-state index contributed by atoms with van der Waals surface area (Å²) in [4.78, 5) is 15.7. The molecule has 0 amide bonds. The van der Waals surface area contributed by atoms with E-state index in [9.17, 15) is 22.0 Å². The number of pyridine rings is 1.